The third-order valence-corrected chi connectivity index (χ3v) is 2.92. The number of nitrogens with zero attached hydrogens (tertiary/aromatic N) is 2. The highest BCUT2D eigenvalue weighted by atomic mass is 16.6. The summed E-state index contributed by atoms with van der Waals surface area (Å²) in [6.45, 7) is 3.24. The van der Waals surface area contributed by atoms with Crippen LogP contribution >= 0.6 is 0 Å². The van der Waals surface area contributed by atoms with E-state index in [-0.39, 0.29) is 29.5 Å². The highest BCUT2D eigenvalue weighted by molar-refractivity contribution is 6.52. The second-order valence-corrected chi connectivity index (χ2v) is 4.90. The normalized spacial score (nSPS) is 13.6. The zero-order chi connectivity index (χ0) is 15.7. The van der Waals surface area contributed by atoms with Crippen LogP contribution in [-0.4, -0.2) is 35.1 Å². The number of nitro benzene ring substituents is 1. The van der Waals surface area contributed by atoms with Gasteiger partial charge < -0.3 is 5.32 Å². The number of carbonyl (C=O) groups is 3. The Morgan fingerprint density at radius 2 is 2.05 bits per heavy atom. The van der Waals surface area contributed by atoms with Gasteiger partial charge >= 0.3 is 0 Å². The van der Waals surface area contributed by atoms with Crippen LogP contribution in [0.2, 0.25) is 0 Å². The van der Waals surface area contributed by atoms with Crippen molar-refractivity contribution in [1.82, 2.24) is 5.32 Å². The second-order valence-electron chi connectivity index (χ2n) is 4.90. The molecule has 1 aromatic carbocycles. The predicted molar refractivity (Wildman–Crippen MR) is 73.1 cm³/mol. The summed E-state index contributed by atoms with van der Waals surface area (Å²) in [6.07, 6.45) is 0. The van der Waals surface area contributed by atoms with E-state index < -0.39 is 22.5 Å². The van der Waals surface area contributed by atoms with E-state index in [1.54, 1.807) is 13.8 Å². The lowest BCUT2D eigenvalue weighted by Gasteiger charge is -2.17. The summed E-state index contributed by atoms with van der Waals surface area (Å²) in [5, 5.41) is 13.3. The van der Waals surface area contributed by atoms with Crippen LogP contribution in [0.1, 0.15) is 24.2 Å². The van der Waals surface area contributed by atoms with Crippen LogP contribution in [0.25, 0.3) is 0 Å². The quantitative estimate of drug-likeness (QED) is 0.497. The molecule has 1 N–H and O–H groups in total. The van der Waals surface area contributed by atoms with Crippen molar-refractivity contribution in [1.29, 1.82) is 0 Å². The van der Waals surface area contributed by atoms with Crippen molar-refractivity contribution in [3.8, 4) is 0 Å². The summed E-state index contributed by atoms with van der Waals surface area (Å²) in [4.78, 5) is 46.5. The molecule has 21 heavy (non-hydrogen) atoms. The number of carbonyl (C=O) groups excluding carboxylic acids is 3. The van der Waals surface area contributed by atoms with Crippen LogP contribution in [0, 0.1) is 10.1 Å². The molecule has 0 saturated carbocycles. The molecule has 0 unspecified atom stereocenters. The fraction of sp³-hybridized carbons (Fsp3) is 0.308. The Balaban J connectivity index is 2.31. The Morgan fingerprint density at radius 3 is 2.62 bits per heavy atom. The number of Topliss-reactive ketones (excluding diaryl/α,β-unsaturated/α-hetero) is 1. The number of anilines is 1. The van der Waals surface area contributed by atoms with Crippen LogP contribution in [0.3, 0.4) is 0 Å². The number of rotatable bonds is 4. The Bertz CT molecular complexity index is 653. The van der Waals surface area contributed by atoms with Crippen molar-refractivity contribution >= 4 is 29.0 Å². The van der Waals surface area contributed by atoms with E-state index in [0.29, 0.717) is 0 Å². The molecular formula is C13H13N3O5. The van der Waals surface area contributed by atoms with Crippen molar-refractivity contribution < 1.29 is 19.3 Å². The molecule has 2 amide bonds. The van der Waals surface area contributed by atoms with Gasteiger partial charge in [0.25, 0.3) is 17.4 Å². The topological polar surface area (TPSA) is 110 Å². The molecule has 0 bridgehead atoms. The van der Waals surface area contributed by atoms with Crippen molar-refractivity contribution in [2.24, 2.45) is 0 Å². The van der Waals surface area contributed by atoms with E-state index in [1.807, 2.05) is 0 Å². The van der Waals surface area contributed by atoms with Crippen LogP contribution in [0.5, 0.6) is 0 Å². The van der Waals surface area contributed by atoms with Crippen molar-refractivity contribution in [3.63, 3.8) is 0 Å². The SMILES string of the molecule is CC(C)NC(=O)CN1C(=O)C(=O)c2cc([N+](=O)[O-])ccc21. The number of ketones is 1. The fourth-order valence-electron chi connectivity index (χ4n) is 2.07. The van der Waals surface area contributed by atoms with E-state index >= 15 is 0 Å². The van der Waals surface area contributed by atoms with Gasteiger partial charge in [-0.25, -0.2) is 0 Å². The van der Waals surface area contributed by atoms with E-state index in [4.69, 9.17) is 0 Å². The fourth-order valence-corrected chi connectivity index (χ4v) is 2.07. The summed E-state index contributed by atoms with van der Waals surface area (Å²) < 4.78 is 0. The van der Waals surface area contributed by atoms with Gasteiger partial charge in [0.15, 0.2) is 0 Å². The summed E-state index contributed by atoms with van der Waals surface area (Å²) in [5.74, 6) is -2.10. The maximum Gasteiger partial charge on any atom is 0.299 e. The van der Waals surface area contributed by atoms with E-state index in [2.05, 4.69) is 5.32 Å². The van der Waals surface area contributed by atoms with Gasteiger partial charge in [-0.2, -0.15) is 0 Å². The molecule has 8 heteroatoms. The number of hydrogen-bond acceptors (Lipinski definition) is 5. The number of hydrogen-bond donors (Lipinski definition) is 1. The summed E-state index contributed by atoms with van der Waals surface area (Å²) in [6, 6.07) is 3.45. The van der Waals surface area contributed by atoms with Gasteiger partial charge in [0.1, 0.15) is 6.54 Å². The van der Waals surface area contributed by atoms with Gasteiger partial charge in [0.05, 0.1) is 16.2 Å². The van der Waals surface area contributed by atoms with Crippen molar-refractivity contribution in [3.05, 3.63) is 33.9 Å². The van der Waals surface area contributed by atoms with Crippen LogP contribution in [0.4, 0.5) is 11.4 Å². The Labute approximate surface area is 119 Å². The van der Waals surface area contributed by atoms with Crippen molar-refractivity contribution in [2.45, 2.75) is 19.9 Å². The number of nitrogens with one attached hydrogen (secondary N) is 1. The molecule has 1 aromatic rings. The highest BCUT2D eigenvalue weighted by Crippen LogP contribution is 2.31. The van der Waals surface area contributed by atoms with Crippen LogP contribution < -0.4 is 10.2 Å². The first-order valence-electron chi connectivity index (χ1n) is 6.25. The van der Waals surface area contributed by atoms with Gasteiger partial charge in [0, 0.05) is 18.2 Å². The molecular weight excluding hydrogens is 278 g/mol. The Morgan fingerprint density at radius 1 is 1.38 bits per heavy atom. The summed E-state index contributed by atoms with van der Waals surface area (Å²) in [5.41, 5.74) is -0.107. The summed E-state index contributed by atoms with van der Waals surface area (Å²) in [7, 11) is 0. The number of nitro groups is 1. The number of benzene rings is 1. The monoisotopic (exact) mass is 291 g/mol. The summed E-state index contributed by atoms with van der Waals surface area (Å²) >= 11 is 0. The smallest absolute Gasteiger partial charge is 0.299 e. The average molecular weight is 291 g/mol. The third-order valence-electron chi connectivity index (χ3n) is 2.92. The minimum absolute atomic E-state index is 0.0495. The molecule has 1 aliphatic heterocycles. The van der Waals surface area contributed by atoms with Crippen molar-refractivity contribution in [2.75, 3.05) is 11.4 Å². The highest BCUT2D eigenvalue weighted by Gasteiger charge is 2.37. The first kappa shape index (κ1) is 14.6. The zero-order valence-electron chi connectivity index (χ0n) is 11.5. The molecule has 1 aliphatic rings. The second kappa shape index (κ2) is 5.31. The molecule has 0 spiro atoms. The van der Waals surface area contributed by atoms with Gasteiger partial charge in [-0.15, -0.1) is 0 Å². The Hall–Kier alpha value is -2.77. The average Bonchev–Trinajstić information content (AvgIpc) is 2.62. The minimum atomic E-state index is -0.857. The first-order valence-corrected chi connectivity index (χ1v) is 6.25. The van der Waals surface area contributed by atoms with Gasteiger partial charge in [0.2, 0.25) is 5.91 Å². The van der Waals surface area contributed by atoms with Crippen LogP contribution in [-0.2, 0) is 9.59 Å². The van der Waals surface area contributed by atoms with Gasteiger partial charge in [-0.1, -0.05) is 0 Å². The number of fused-ring (bicyclic) bond motifs is 1. The lowest BCUT2D eigenvalue weighted by Crippen LogP contribution is -2.42. The van der Waals surface area contributed by atoms with Gasteiger partial charge in [-0.05, 0) is 19.9 Å². The molecule has 8 nitrogen and oxygen atoms in total. The largest absolute Gasteiger partial charge is 0.352 e. The van der Waals surface area contributed by atoms with Gasteiger partial charge in [-0.3, -0.25) is 29.4 Å². The molecule has 0 radical (unpaired) electrons. The minimum Gasteiger partial charge on any atom is -0.352 e. The molecule has 1 heterocycles. The molecule has 0 fully saturated rings. The zero-order valence-corrected chi connectivity index (χ0v) is 11.5. The molecule has 110 valence electrons. The lowest BCUT2D eigenvalue weighted by atomic mass is 10.1. The lowest BCUT2D eigenvalue weighted by molar-refractivity contribution is -0.384. The molecule has 0 aliphatic carbocycles. The standard InChI is InChI=1S/C13H13N3O5/c1-7(2)14-11(17)6-15-10-4-3-8(16(20)21)5-9(10)12(18)13(15)19/h3-5,7H,6H2,1-2H3,(H,14,17). The molecule has 0 aromatic heterocycles. The molecule has 2 rings (SSSR count). The third kappa shape index (κ3) is 2.73. The molecule has 0 atom stereocenters. The van der Waals surface area contributed by atoms with E-state index in [9.17, 15) is 24.5 Å². The van der Waals surface area contributed by atoms with E-state index in [1.165, 1.54) is 12.1 Å². The number of non-ortho nitro benzene ring substituents is 1. The Kier molecular flexibility index (Phi) is 3.70. The first-order chi connectivity index (χ1) is 9.81. The van der Waals surface area contributed by atoms with E-state index in [0.717, 1.165) is 11.0 Å². The maximum absolute atomic E-state index is 11.9. The maximum atomic E-state index is 11.9. The predicted octanol–water partition coefficient (Wildman–Crippen LogP) is 0.649. The molecule has 0 saturated heterocycles. The number of amides is 2. The van der Waals surface area contributed by atoms with Crippen LogP contribution in [0.15, 0.2) is 18.2 Å².